The van der Waals surface area contributed by atoms with E-state index in [-0.39, 0.29) is 0 Å². The Labute approximate surface area is 117 Å². The Hall–Kier alpha value is -1.20. The molecule has 1 aromatic carbocycles. The Morgan fingerprint density at radius 1 is 1.47 bits per heavy atom. The van der Waals surface area contributed by atoms with E-state index < -0.39 is 0 Å². The lowest BCUT2D eigenvalue weighted by Crippen LogP contribution is -2.10. The lowest BCUT2D eigenvalue weighted by Gasteiger charge is -2.04. The second-order valence-electron chi connectivity index (χ2n) is 4.82. The van der Waals surface area contributed by atoms with Crippen molar-refractivity contribution in [1.29, 1.82) is 0 Å². The summed E-state index contributed by atoms with van der Waals surface area (Å²) in [6, 6.07) is 6.01. The first-order chi connectivity index (χ1) is 9.35. The van der Waals surface area contributed by atoms with Crippen LogP contribution in [0.4, 0.5) is 0 Å². The summed E-state index contributed by atoms with van der Waals surface area (Å²) in [6.45, 7) is 4.98. The van der Waals surface area contributed by atoms with Crippen LogP contribution in [0.2, 0.25) is 0 Å². The van der Waals surface area contributed by atoms with Crippen molar-refractivity contribution in [2.45, 2.75) is 18.5 Å². The minimum Gasteiger partial charge on any atom is -0.494 e. The minimum absolute atomic E-state index is 0.690. The number of nitrogens with one attached hydrogen (secondary N) is 2. The minimum atomic E-state index is 0.690. The average Bonchev–Trinajstić information content (AvgIpc) is 3.05. The predicted octanol–water partition coefficient (Wildman–Crippen LogP) is 2.66. The van der Waals surface area contributed by atoms with E-state index in [1.54, 1.807) is 0 Å². The molecule has 0 amide bonds. The predicted molar refractivity (Wildman–Crippen MR) is 79.0 cm³/mol. The number of imidazole rings is 1. The van der Waals surface area contributed by atoms with Crippen LogP contribution in [0.5, 0.6) is 5.75 Å². The number of fused-ring (bicyclic) bond motifs is 1. The first kappa shape index (κ1) is 12.8. The molecular formula is C14H19N3OS. The van der Waals surface area contributed by atoms with E-state index in [1.807, 2.05) is 36.9 Å². The fourth-order valence-electron chi connectivity index (χ4n) is 2.34. The van der Waals surface area contributed by atoms with Gasteiger partial charge in [0.25, 0.3) is 0 Å². The second-order valence-corrected chi connectivity index (χ2v) is 5.83. The van der Waals surface area contributed by atoms with Crippen LogP contribution in [0.3, 0.4) is 0 Å². The molecule has 0 aliphatic carbocycles. The molecule has 1 unspecified atom stereocenters. The van der Waals surface area contributed by atoms with Crippen LogP contribution in [-0.4, -0.2) is 35.4 Å². The highest BCUT2D eigenvalue weighted by atomic mass is 32.2. The van der Waals surface area contributed by atoms with Gasteiger partial charge in [0.2, 0.25) is 0 Å². The Kier molecular flexibility index (Phi) is 3.94. The molecule has 0 radical (unpaired) electrons. The highest BCUT2D eigenvalue weighted by molar-refractivity contribution is 7.99. The summed E-state index contributed by atoms with van der Waals surface area (Å²) in [7, 11) is 0. The maximum absolute atomic E-state index is 5.50. The molecule has 1 fully saturated rings. The number of benzene rings is 1. The summed E-state index contributed by atoms with van der Waals surface area (Å²) >= 11 is 1.82. The van der Waals surface area contributed by atoms with Gasteiger partial charge in [0.05, 0.1) is 17.6 Å². The van der Waals surface area contributed by atoms with E-state index in [0.29, 0.717) is 6.61 Å². The molecule has 0 saturated carbocycles. The summed E-state index contributed by atoms with van der Waals surface area (Å²) in [6.07, 6.45) is 1.28. The maximum Gasteiger partial charge on any atom is 0.166 e. The van der Waals surface area contributed by atoms with Gasteiger partial charge in [-0.1, -0.05) is 11.8 Å². The van der Waals surface area contributed by atoms with E-state index in [4.69, 9.17) is 4.74 Å². The van der Waals surface area contributed by atoms with Crippen molar-refractivity contribution in [1.82, 2.24) is 15.3 Å². The fraction of sp³-hybridized carbons (Fsp3) is 0.500. The number of aromatic nitrogens is 2. The first-order valence-corrected chi connectivity index (χ1v) is 7.80. The van der Waals surface area contributed by atoms with Crippen LogP contribution >= 0.6 is 11.8 Å². The molecule has 19 heavy (non-hydrogen) atoms. The van der Waals surface area contributed by atoms with Crippen molar-refractivity contribution in [2.24, 2.45) is 5.92 Å². The average molecular weight is 277 g/mol. The number of ether oxygens (including phenoxy) is 1. The zero-order valence-electron chi connectivity index (χ0n) is 11.1. The summed E-state index contributed by atoms with van der Waals surface area (Å²) in [5.41, 5.74) is 2.06. The molecular weight excluding hydrogens is 258 g/mol. The second kappa shape index (κ2) is 5.84. The Bertz CT molecular complexity index is 549. The van der Waals surface area contributed by atoms with Crippen LogP contribution in [-0.2, 0) is 0 Å². The third kappa shape index (κ3) is 3.04. The third-order valence-electron chi connectivity index (χ3n) is 3.36. The van der Waals surface area contributed by atoms with E-state index in [2.05, 4.69) is 15.3 Å². The maximum atomic E-state index is 5.50. The number of nitrogens with zero attached hydrogens (tertiary/aromatic N) is 1. The Morgan fingerprint density at radius 3 is 3.21 bits per heavy atom. The van der Waals surface area contributed by atoms with Crippen LogP contribution in [0.15, 0.2) is 23.4 Å². The molecule has 1 aliphatic rings. The highest BCUT2D eigenvalue weighted by Gasteiger charge is 2.15. The molecule has 0 spiro atoms. The van der Waals surface area contributed by atoms with Gasteiger partial charge >= 0.3 is 0 Å². The number of aromatic amines is 1. The molecule has 5 heteroatoms. The molecule has 0 bridgehead atoms. The largest absolute Gasteiger partial charge is 0.494 e. The zero-order valence-corrected chi connectivity index (χ0v) is 11.9. The zero-order chi connectivity index (χ0) is 13.1. The summed E-state index contributed by atoms with van der Waals surface area (Å²) in [5.74, 6) is 2.80. The molecule has 1 aromatic heterocycles. The van der Waals surface area contributed by atoms with E-state index in [9.17, 15) is 0 Å². The lowest BCUT2D eigenvalue weighted by molar-refractivity contribution is 0.340. The third-order valence-corrected chi connectivity index (χ3v) is 4.47. The molecule has 2 heterocycles. The summed E-state index contributed by atoms with van der Waals surface area (Å²) < 4.78 is 5.50. The normalized spacial score (nSPS) is 19.1. The monoisotopic (exact) mass is 277 g/mol. The van der Waals surface area contributed by atoms with Crippen LogP contribution in [0, 0.1) is 5.92 Å². The van der Waals surface area contributed by atoms with Crippen LogP contribution < -0.4 is 10.1 Å². The highest BCUT2D eigenvalue weighted by Crippen LogP contribution is 2.25. The number of H-pyrrole nitrogens is 1. The molecule has 2 N–H and O–H groups in total. The van der Waals surface area contributed by atoms with Gasteiger partial charge in [0, 0.05) is 11.8 Å². The quantitative estimate of drug-likeness (QED) is 0.825. The van der Waals surface area contributed by atoms with Crippen molar-refractivity contribution in [2.75, 3.05) is 25.4 Å². The number of hydrogen-bond acceptors (Lipinski definition) is 4. The van der Waals surface area contributed by atoms with E-state index in [0.717, 1.165) is 46.7 Å². The number of thioether (sulfide) groups is 1. The van der Waals surface area contributed by atoms with Crippen molar-refractivity contribution in [3.63, 3.8) is 0 Å². The van der Waals surface area contributed by atoms with Gasteiger partial charge in [-0.15, -0.1) is 0 Å². The van der Waals surface area contributed by atoms with Gasteiger partial charge in [0.15, 0.2) is 5.16 Å². The van der Waals surface area contributed by atoms with Crippen molar-refractivity contribution >= 4 is 22.8 Å². The Morgan fingerprint density at radius 2 is 2.42 bits per heavy atom. The fourth-order valence-corrected chi connectivity index (χ4v) is 3.37. The van der Waals surface area contributed by atoms with Crippen molar-refractivity contribution in [3.8, 4) is 5.75 Å². The number of rotatable bonds is 5. The molecule has 1 aliphatic heterocycles. The van der Waals surface area contributed by atoms with Crippen LogP contribution in [0.1, 0.15) is 13.3 Å². The number of hydrogen-bond donors (Lipinski definition) is 2. The summed E-state index contributed by atoms with van der Waals surface area (Å²) in [5, 5.41) is 4.41. The van der Waals surface area contributed by atoms with Crippen molar-refractivity contribution in [3.05, 3.63) is 18.2 Å². The van der Waals surface area contributed by atoms with Gasteiger partial charge in [-0.05, 0) is 44.5 Å². The van der Waals surface area contributed by atoms with Crippen molar-refractivity contribution < 1.29 is 4.74 Å². The molecule has 1 saturated heterocycles. The molecule has 4 nitrogen and oxygen atoms in total. The molecule has 102 valence electrons. The van der Waals surface area contributed by atoms with E-state index in [1.165, 1.54) is 6.42 Å². The van der Waals surface area contributed by atoms with E-state index >= 15 is 0 Å². The standard InChI is InChI=1S/C14H19N3OS/c1-2-18-11-3-4-12-13(7-11)17-14(16-12)19-9-10-5-6-15-8-10/h3-4,7,10,15H,2,5-6,8-9H2,1H3,(H,16,17). The van der Waals surface area contributed by atoms with Gasteiger partial charge in [-0.3, -0.25) is 0 Å². The SMILES string of the molecule is CCOc1ccc2nc(SCC3CCNC3)[nH]c2c1. The van der Waals surface area contributed by atoms with Gasteiger partial charge in [-0.2, -0.15) is 0 Å². The first-order valence-electron chi connectivity index (χ1n) is 6.81. The topological polar surface area (TPSA) is 49.9 Å². The summed E-state index contributed by atoms with van der Waals surface area (Å²) in [4.78, 5) is 7.98. The smallest absolute Gasteiger partial charge is 0.166 e. The molecule has 1 atom stereocenters. The van der Waals surface area contributed by atoms with Crippen LogP contribution in [0.25, 0.3) is 11.0 Å². The van der Waals surface area contributed by atoms with Gasteiger partial charge in [0.1, 0.15) is 5.75 Å². The van der Waals surface area contributed by atoms with Gasteiger partial charge < -0.3 is 15.0 Å². The molecule has 2 aromatic rings. The molecule has 3 rings (SSSR count). The lowest BCUT2D eigenvalue weighted by atomic mass is 10.2. The van der Waals surface area contributed by atoms with Gasteiger partial charge in [-0.25, -0.2) is 4.98 Å². The Balaban J connectivity index is 1.69.